The number of carboxylic acids is 1. The van der Waals surface area contributed by atoms with Gasteiger partial charge < -0.3 is 9.52 Å². The summed E-state index contributed by atoms with van der Waals surface area (Å²) in [7, 11) is 0. The van der Waals surface area contributed by atoms with Gasteiger partial charge in [0.05, 0.1) is 15.4 Å². The van der Waals surface area contributed by atoms with E-state index in [-0.39, 0.29) is 27.1 Å². The van der Waals surface area contributed by atoms with Crippen molar-refractivity contribution in [2.75, 3.05) is 0 Å². The highest BCUT2D eigenvalue weighted by atomic mass is 32.2. The minimum absolute atomic E-state index is 0.102. The zero-order chi connectivity index (χ0) is 23.5. The third-order valence-electron chi connectivity index (χ3n) is 4.96. The van der Waals surface area contributed by atoms with Crippen LogP contribution in [0.4, 0.5) is 5.69 Å². The molecule has 0 bridgehead atoms. The number of para-hydroxylation sites is 1. The van der Waals surface area contributed by atoms with Gasteiger partial charge in [0, 0.05) is 18.6 Å². The molecule has 1 fully saturated rings. The SMILES string of the molecule is O=C(O)[C@@H](Cc1ccccc1)N1C(=O)/C(=C\c2ccc(-c3ccccc3[N+](=O)[O-])o2)SC1=S. The van der Waals surface area contributed by atoms with E-state index in [0.29, 0.717) is 11.3 Å². The first-order chi connectivity index (χ1) is 15.8. The minimum Gasteiger partial charge on any atom is -0.480 e. The molecule has 1 aliphatic heterocycles. The van der Waals surface area contributed by atoms with Crippen molar-refractivity contribution >= 4 is 51.9 Å². The quantitative estimate of drug-likeness (QED) is 0.223. The van der Waals surface area contributed by atoms with Gasteiger partial charge in [0.15, 0.2) is 0 Å². The molecule has 0 saturated carbocycles. The maximum absolute atomic E-state index is 13.0. The molecular formula is C23H16N2O6S2. The van der Waals surface area contributed by atoms with Gasteiger partial charge in [-0.3, -0.25) is 19.8 Å². The second-order valence-corrected chi connectivity index (χ2v) is 8.75. The van der Waals surface area contributed by atoms with Crippen LogP contribution in [-0.4, -0.2) is 37.2 Å². The molecule has 3 aromatic rings. The van der Waals surface area contributed by atoms with Crippen molar-refractivity contribution in [1.29, 1.82) is 0 Å². The number of hydrogen-bond donors (Lipinski definition) is 1. The zero-order valence-electron chi connectivity index (χ0n) is 16.9. The minimum atomic E-state index is -1.16. The fourth-order valence-electron chi connectivity index (χ4n) is 3.42. The van der Waals surface area contributed by atoms with Crippen LogP contribution in [0.15, 0.2) is 76.1 Å². The van der Waals surface area contributed by atoms with Crippen LogP contribution in [0, 0.1) is 10.1 Å². The Morgan fingerprint density at radius 2 is 1.85 bits per heavy atom. The monoisotopic (exact) mass is 480 g/mol. The molecular weight excluding hydrogens is 464 g/mol. The van der Waals surface area contributed by atoms with Crippen molar-refractivity contribution in [1.82, 2.24) is 4.90 Å². The predicted molar refractivity (Wildman–Crippen MR) is 127 cm³/mol. The van der Waals surface area contributed by atoms with Crippen molar-refractivity contribution in [3.63, 3.8) is 0 Å². The van der Waals surface area contributed by atoms with Crippen LogP contribution in [-0.2, 0) is 16.0 Å². The van der Waals surface area contributed by atoms with Gasteiger partial charge in [0.25, 0.3) is 11.6 Å². The number of nitro benzene ring substituents is 1. The van der Waals surface area contributed by atoms with Crippen LogP contribution >= 0.6 is 24.0 Å². The van der Waals surface area contributed by atoms with Gasteiger partial charge in [-0.05, 0) is 23.8 Å². The molecule has 1 saturated heterocycles. The smallest absolute Gasteiger partial charge is 0.327 e. The first kappa shape index (κ1) is 22.4. The van der Waals surface area contributed by atoms with E-state index in [9.17, 15) is 24.8 Å². The Bertz CT molecular complexity index is 1280. The first-order valence-corrected chi connectivity index (χ1v) is 10.9. The number of rotatable bonds is 7. The summed E-state index contributed by atoms with van der Waals surface area (Å²) >= 11 is 6.29. The normalized spacial score (nSPS) is 15.8. The topological polar surface area (TPSA) is 114 Å². The van der Waals surface area contributed by atoms with E-state index >= 15 is 0 Å². The van der Waals surface area contributed by atoms with Crippen LogP contribution in [0.2, 0.25) is 0 Å². The molecule has 0 aliphatic carbocycles. The molecule has 2 heterocycles. The Balaban J connectivity index is 1.60. The second-order valence-electron chi connectivity index (χ2n) is 7.07. The van der Waals surface area contributed by atoms with Crippen LogP contribution in [0.5, 0.6) is 0 Å². The summed E-state index contributed by atoms with van der Waals surface area (Å²) in [5, 5.41) is 21.0. The van der Waals surface area contributed by atoms with E-state index in [1.165, 1.54) is 12.1 Å². The largest absolute Gasteiger partial charge is 0.480 e. The number of nitro groups is 1. The molecule has 1 amide bonds. The van der Waals surface area contributed by atoms with Crippen LogP contribution in [0.3, 0.4) is 0 Å². The average Bonchev–Trinajstić information content (AvgIpc) is 3.37. The molecule has 8 nitrogen and oxygen atoms in total. The summed E-state index contributed by atoms with van der Waals surface area (Å²) in [6.45, 7) is 0. The van der Waals surface area contributed by atoms with E-state index in [0.717, 1.165) is 22.2 Å². The fourth-order valence-corrected chi connectivity index (χ4v) is 4.76. The average molecular weight is 481 g/mol. The molecule has 1 atom stereocenters. The first-order valence-electron chi connectivity index (χ1n) is 9.72. The third-order valence-corrected chi connectivity index (χ3v) is 6.29. The molecule has 10 heteroatoms. The summed E-state index contributed by atoms with van der Waals surface area (Å²) in [5.74, 6) is -1.12. The number of nitrogens with zero attached hydrogens (tertiary/aromatic N) is 2. The number of carbonyl (C=O) groups excluding carboxylic acids is 1. The Morgan fingerprint density at radius 3 is 2.55 bits per heavy atom. The van der Waals surface area contributed by atoms with E-state index in [2.05, 4.69) is 0 Å². The summed E-state index contributed by atoms with van der Waals surface area (Å²) in [5.41, 5.74) is 0.974. The zero-order valence-corrected chi connectivity index (χ0v) is 18.5. The van der Waals surface area contributed by atoms with Crippen molar-refractivity contribution in [2.24, 2.45) is 0 Å². The predicted octanol–water partition coefficient (Wildman–Crippen LogP) is 4.75. The molecule has 2 aromatic carbocycles. The molecule has 0 spiro atoms. The fraction of sp³-hybridized carbons (Fsp3) is 0.0870. The molecule has 0 unspecified atom stereocenters. The lowest BCUT2D eigenvalue weighted by Crippen LogP contribution is -2.45. The lowest BCUT2D eigenvalue weighted by molar-refractivity contribution is -0.384. The number of thiocarbonyl (C=S) groups is 1. The van der Waals surface area contributed by atoms with Crippen molar-refractivity contribution < 1.29 is 24.0 Å². The van der Waals surface area contributed by atoms with Gasteiger partial charge in [-0.1, -0.05) is 66.4 Å². The Hall–Kier alpha value is -3.76. The van der Waals surface area contributed by atoms with Gasteiger partial charge in [-0.25, -0.2) is 4.79 Å². The molecule has 1 aromatic heterocycles. The second kappa shape index (κ2) is 9.39. The molecule has 1 N–H and O–H groups in total. The lowest BCUT2D eigenvalue weighted by Gasteiger charge is -2.23. The number of furan rings is 1. The Labute approximate surface area is 197 Å². The maximum atomic E-state index is 13.0. The Morgan fingerprint density at radius 1 is 1.15 bits per heavy atom. The Kier molecular flexibility index (Phi) is 6.38. The number of thioether (sulfide) groups is 1. The molecule has 166 valence electrons. The number of benzene rings is 2. The van der Waals surface area contributed by atoms with E-state index in [1.54, 1.807) is 54.6 Å². The highest BCUT2D eigenvalue weighted by Crippen LogP contribution is 2.36. The summed E-state index contributed by atoms with van der Waals surface area (Å²) < 4.78 is 5.86. The standard InChI is InChI=1S/C23H16N2O6S2/c26-21-20(13-15-10-11-19(31-15)16-8-4-5-9-17(16)25(29)30)33-23(32)24(21)18(22(27)28)12-14-6-2-1-3-7-14/h1-11,13,18H,12H2,(H,27,28)/b20-13+/t18-/m1/s1. The van der Waals surface area contributed by atoms with Crippen molar-refractivity contribution in [2.45, 2.75) is 12.5 Å². The highest BCUT2D eigenvalue weighted by molar-refractivity contribution is 8.26. The molecule has 1 aliphatic rings. The van der Waals surface area contributed by atoms with Crippen LogP contribution < -0.4 is 0 Å². The van der Waals surface area contributed by atoms with Crippen LogP contribution in [0.1, 0.15) is 11.3 Å². The van der Waals surface area contributed by atoms with Gasteiger partial charge >= 0.3 is 5.97 Å². The summed E-state index contributed by atoms with van der Waals surface area (Å²) in [4.78, 5) is 37.1. The van der Waals surface area contributed by atoms with Crippen molar-refractivity contribution in [3.05, 3.63) is 93.1 Å². The maximum Gasteiger partial charge on any atom is 0.327 e. The highest BCUT2D eigenvalue weighted by Gasteiger charge is 2.40. The van der Waals surface area contributed by atoms with Gasteiger partial charge in [-0.2, -0.15) is 0 Å². The number of amides is 1. The van der Waals surface area contributed by atoms with E-state index < -0.39 is 22.8 Å². The van der Waals surface area contributed by atoms with Crippen LogP contribution in [0.25, 0.3) is 17.4 Å². The molecule has 4 rings (SSSR count). The van der Waals surface area contributed by atoms with Gasteiger partial charge in [-0.15, -0.1) is 0 Å². The number of carboxylic acid groups (broad SMARTS) is 1. The third kappa shape index (κ3) is 4.71. The van der Waals surface area contributed by atoms with E-state index in [4.69, 9.17) is 16.6 Å². The van der Waals surface area contributed by atoms with Crippen molar-refractivity contribution in [3.8, 4) is 11.3 Å². The summed E-state index contributed by atoms with van der Waals surface area (Å²) in [6, 6.07) is 17.2. The molecule has 33 heavy (non-hydrogen) atoms. The summed E-state index contributed by atoms with van der Waals surface area (Å²) in [6.07, 6.45) is 1.57. The number of carbonyl (C=O) groups is 2. The van der Waals surface area contributed by atoms with Gasteiger partial charge in [0.1, 0.15) is 21.9 Å². The van der Waals surface area contributed by atoms with Gasteiger partial charge in [0.2, 0.25) is 0 Å². The number of aliphatic carboxylic acids is 1. The lowest BCUT2D eigenvalue weighted by atomic mass is 10.0. The van der Waals surface area contributed by atoms with E-state index in [1.807, 2.05) is 6.07 Å². The number of hydrogen-bond acceptors (Lipinski definition) is 7. The molecule has 0 radical (unpaired) electrons.